The first-order chi connectivity index (χ1) is 6.74. The average molecular weight is 192 g/mol. The minimum atomic E-state index is -0.883. The van der Waals surface area contributed by atoms with Gasteiger partial charge in [0.2, 0.25) is 0 Å². The highest BCUT2D eigenvalue weighted by atomic mass is 17.1. The van der Waals surface area contributed by atoms with E-state index in [0.29, 0.717) is 12.0 Å². The molecule has 1 aromatic rings. The Labute approximate surface area is 80.0 Å². The summed E-state index contributed by atoms with van der Waals surface area (Å²) in [4.78, 5) is 26.2. The summed E-state index contributed by atoms with van der Waals surface area (Å²) in [6.45, 7) is 0. The second-order valence-electron chi connectivity index (χ2n) is 3.19. The van der Waals surface area contributed by atoms with Crippen LogP contribution in [0.15, 0.2) is 24.3 Å². The van der Waals surface area contributed by atoms with Crippen molar-refractivity contribution in [3.63, 3.8) is 0 Å². The third kappa shape index (κ3) is 1.20. The van der Waals surface area contributed by atoms with Crippen LogP contribution in [-0.2, 0) is 16.1 Å². The summed E-state index contributed by atoms with van der Waals surface area (Å²) < 4.78 is 0. The second kappa shape index (κ2) is 3.23. The molecule has 1 N–H and O–H groups in total. The largest absolute Gasteiger partial charge is 0.353 e. The predicted molar refractivity (Wildman–Crippen MR) is 46.7 cm³/mol. The number of carbonyl (C=O) groups is 2. The SMILES string of the molecule is O=C(OO)C1Cc2ccccc2C1=O. The van der Waals surface area contributed by atoms with Crippen molar-refractivity contribution in [3.8, 4) is 0 Å². The van der Waals surface area contributed by atoms with Gasteiger partial charge in [0.15, 0.2) is 5.78 Å². The highest BCUT2D eigenvalue weighted by molar-refractivity contribution is 6.12. The van der Waals surface area contributed by atoms with Gasteiger partial charge in [-0.05, 0) is 12.0 Å². The molecule has 72 valence electrons. The lowest BCUT2D eigenvalue weighted by Crippen LogP contribution is -2.21. The van der Waals surface area contributed by atoms with Gasteiger partial charge < -0.3 is 4.89 Å². The molecule has 1 unspecified atom stereocenters. The maximum absolute atomic E-state index is 11.6. The third-order valence-electron chi connectivity index (χ3n) is 2.40. The van der Waals surface area contributed by atoms with Gasteiger partial charge in [0.05, 0.1) is 0 Å². The molecule has 0 bridgehead atoms. The molecule has 4 nitrogen and oxygen atoms in total. The zero-order chi connectivity index (χ0) is 10.1. The van der Waals surface area contributed by atoms with Crippen molar-refractivity contribution in [1.82, 2.24) is 0 Å². The minimum absolute atomic E-state index is 0.278. The van der Waals surface area contributed by atoms with E-state index in [2.05, 4.69) is 4.89 Å². The number of hydrogen-bond donors (Lipinski definition) is 1. The lowest BCUT2D eigenvalue weighted by Gasteiger charge is -2.01. The first-order valence-electron chi connectivity index (χ1n) is 4.21. The molecule has 0 spiro atoms. The lowest BCUT2D eigenvalue weighted by atomic mass is 10.1. The topological polar surface area (TPSA) is 63.6 Å². The standard InChI is InChI=1S/C10H8O4/c11-9-7-4-2-1-3-6(7)5-8(9)10(12)14-13/h1-4,8,13H,5H2. The molecule has 14 heavy (non-hydrogen) atoms. The Morgan fingerprint density at radius 3 is 2.79 bits per heavy atom. The molecule has 0 amide bonds. The van der Waals surface area contributed by atoms with Crippen molar-refractivity contribution in [2.75, 3.05) is 0 Å². The van der Waals surface area contributed by atoms with Crippen LogP contribution >= 0.6 is 0 Å². The van der Waals surface area contributed by atoms with E-state index in [-0.39, 0.29) is 5.78 Å². The Morgan fingerprint density at radius 2 is 2.14 bits per heavy atom. The average Bonchev–Trinajstić information content (AvgIpc) is 2.56. The summed E-state index contributed by atoms with van der Waals surface area (Å²) in [6.07, 6.45) is 0.314. The molecule has 0 saturated heterocycles. The van der Waals surface area contributed by atoms with Crippen LogP contribution in [0, 0.1) is 5.92 Å². The van der Waals surface area contributed by atoms with Crippen LogP contribution in [0.5, 0.6) is 0 Å². The quantitative estimate of drug-likeness (QED) is 0.410. The molecule has 0 aliphatic heterocycles. The number of rotatable bonds is 1. The summed E-state index contributed by atoms with van der Waals surface area (Å²) in [5, 5.41) is 8.19. The van der Waals surface area contributed by atoms with Gasteiger partial charge in [-0.25, -0.2) is 4.79 Å². The molecule has 1 aliphatic rings. The maximum atomic E-state index is 11.6. The van der Waals surface area contributed by atoms with Gasteiger partial charge in [-0.3, -0.25) is 4.79 Å². The predicted octanol–water partition coefficient (Wildman–Crippen LogP) is 1.06. The Hall–Kier alpha value is -1.68. The third-order valence-corrected chi connectivity index (χ3v) is 2.40. The molecule has 0 heterocycles. The highest BCUT2D eigenvalue weighted by Gasteiger charge is 2.36. The number of carbonyl (C=O) groups excluding carboxylic acids is 2. The van der Waals surface area contributed by atoms with Gasteiger partial charge in [0, 0.05) is 5.56 Å². The molecule has 1 aromatic carbocycles. The summed E-state index contributed by atoms with van der Waals surface area (Å²) >= 11 is 0. The fourth-order valence-corrected chi connectivity index (χ4v) is 1.69. The lowest BCUT2D eigenvalue weighted by molar-refractivity contribution is -0.237. The van der Waals surface area contributed by atoms with Crippen molar-refractivity contribution < 1.29 is 19.7 Å². The molecule has 1 atom stereocenters. The van der Waals surface area contributed by atoms with E-state index in [4.69, 9.17) is 5.26 Å². The molecule has 4 heteroatoms. The van der Waals surface area contributed by atoms with E-state index in [9.17, 15) is 9.59 Å². The van der Waals surface area contributed by atoms with E-state index < -0.39 is 11.9 Å². The van der Waals surface area contributed by atoms with Gasteiger partial charge in [0.1, 0.15) is 5.92 Å². The monoisotopic (exact) mass is 192 g/mol. The van der Waals surface area contributed by atoms with Crippen LogP contribution in [0.4, 0.5) is 0 Å². The number of Topliss-reactive ketones (excluding diaryl/α,β-unsaturated/α-hetero) is 1. The van der Waals surface area contributed by atoms with E-state index in [0.717, 1.165) is 5.56 Å². The van der Waals surface area contributed by atoms with Crippen LogP contribution in [0.1, 0.15) is 15.9 Å². The molecular weight excluding hydrogens is 184 g/mol. The number of hydrogen-bond acceptors (Lipinski definition) is 4. The summed E-state index contributed by atoms with van der Waals surface area (Å²) in [6, 6.07) is 7.00. The zero-order valence-electron chi connectivity index (χ0n) is 7.27. The number of fused-ring (bicyclic) bond motifs is 1. The van der Waals surface area contributed by atoms with Crippen LogP contribution in [0.2, 0.25) is 0 Å². The van der Waals surface area contributed by atoms with Crippen LogP contribution in [0.25, 0.3) is 0 Å². The summed E-state index contributed by atoms with van der Waals surface area (Å²) in [5.74, 6) is -2.04. The maximum Gasteiger partial charge on any atom is 0.353 e. The fraction of sp³-hybridized carbons (Fsp3) is 0.200. The van der Waals surface area contributed by atoms with Gasteiger partial charge in [-0.1, -0.05) is 24.3 Å². The van der Waals surface area contributed by atoms with Crippen molar-refractivity contribution >= 4 is 11.8 Å². The van der Waals surface area contributed by atoms with Crippen LogP contribution in [0.3, 0.4) is 0 Å². The second-order valence-corrected chi connectivity index (χ2v) is 3.19. The Kier molecular flexibility index (Phi) is 2.05. The highest BCUT2D eigenvalue weighted by Crippen LogP contribution is 2.26. The van der Waals surface area contributed by atoms with Crippen molar-refractivity contribution in [1.29, 1.82) is 0 Å². The molecule has 0 saturated carbocycles. The van der Waals surface area contributed by atoms with Crippen LogP contribution < -0.4 is 0 Å². The number of ketones is 1. The van der Waals surface area contributed by atoms with E-state index in [1.165, 1.54) is 0 Å². The van der Waals surface area contributed by atoms with Crippen molar-refractivity contribution in [3.05, 3.63) is 35.4 Å². The van der Waals surface area contributed by atoms with E-state index in [1.54, 1.807) is 24.3 Å². The van der Waals surface area contributed by atoms with Gasteiger partial charge in [-0.15, -0.1) is 0 Å². The van der Waals surface area contributed by atoms with Crippen molar-refractivity contribution in [2.45, 2.75) is 6.42 Å². The van der Waals surface area contributed by atoms with Gasteiger partial charge in [-0.2, -0.15) is 5.26 Å². The number of benzene rings is 1. The van der Waals surface area contributed by atoms with Crippen molar-refractivity contribution in [2.24, 2.45) is 5.92 Å². The molecular formula is C10H8O4. The minimum Gasteiger partial charge on any atom is -0.300 e. The van der Waals surface area contributed by atoms with E-state index >= 15 is 0 Å². The Balaban J connectivity index is 2.35. The van der Waals surface area contributed by atoms with Gasteiger partial charge in [0.25, 0.3) is 0 Å². The summed E-state index contributed by atoms with van der Waals surface area (Å²) in [5.41, 5.74) is 1.37. The zero-order valence-corrected chi connectivity index (χ0v) is 7.27. The fourth-order valence-electron chi connectivity index (χ4n) is 1.69. The molecule has 2 rings (SSSR count). The summed E-state index contributed by atoms with van der Waals surface area (Å²) in [7, 11) is 0. The Morgan fingerprint density at radius 1 is 1.43 bits per heavy atom. The first-order valence-corrected chi connectivity index (χ1v) is 4.21. The Bertz CT molecular complexity index is 397. The molecule has 0 fully saturated rings. The van der Waals surface area contributed by atoms with Gasteiger partial charge >= 0.3 is 5.97 Å². The smallest absolute Gasteiger partial charge is 0.300 e. The normalized spacial score (nSPS) is 19.2. The molecule has 0 radical (unpaired) electrons. The van der Waals surface area contributed by atoms with E-state index in [1.807, 2.05) is 0 Å². The molecule has 1 aliphatic carbocycles. The van der Waals surface area contributed by atoms with Crippen LogP contribution in [-0.4, -0.2) is 17.0 Å². The molecule has 0 aromatic heterocycles. The first kappa shape index (κ1) is 8.90.